The molecule has 0 unspecified atom stereocenters. The van der Waals surface area contributed by atoms with Crippen LogP contribution in [0.4, 0.5) is 0 Å². The number of sulfonamides is 1. The van der Waals surface area contributed by atoms with Gasteiger partial charge < -0.3 is 4.74 Å². The summed E-state index contributed by atoms with van der Waals surface area (Å²) in [5.74, 6) is 0.544. The Hall–Kier alpha value is -0.110. The Kier molecular flexibility index (Phi) is 5.43. The maximum atomic E-state index is 11.3. The molecule has 1 N–H and O–H groups in total. The molecule has 5 nitrogen and oxygen atoms in total. The Morgan fingerprint density at radius 3 is 2.41 bits per heavy atom. The number of nitrogens with one attached hydrogen (secondary N) is 1. The summed E-state index contributed by atoms with van der Waals surface area (Å²) in [5, 5.41) is 0. The third-order valence-electron chi connectivity index (χ3n) is 2.10. The maximum Gasteiger partial charge on any atom is 0.253 e. The molecule has 2 rings (SSSR count). The van der Waals surface area contributed by atoms with Crippen molar-refractivity contribution in [3.8, 4) is 0 Å². The summed E-state index contributed by atoms with van der Waals surface area (Å²) in [5.41, 5.74) is 0.756. The van der Waals surface area contributed by atoms with Crippen molar-refractivity contribution in [1.82, 2.24) is 4.24 Å². The topological polar surface area (TPSA) is 67.8 Å². The smallest absolute Gasteiger partial charge is 0.253 e. The number of aliphatic imine (C=N–C) groups is 1. The first kappa shape index (κ1) is 14.9. The molecule has 87 valence electrons. The molecule has 1 aliphatic rings. The van der Waals surface area contributed by atoms with Crippen LogP contribution in [-0.4, -0.2) is 57.0 Å². The maximum absolute atomic E-state index is 11.3. The summed E-state index contributed by atoms with van der Waals surface area (Å²) in [4.78, 5) is 4.22. The fraction of sp³-hybridized carbons (Fsp3) is 0.222. The van der Waals surface area contributed by atoms with Gasteiger partial charge in [-0.3, -0.25) is 0 Å². The third kappa shape index (κ3) is 3.43. The number of benzene rings is 1. The van der Waals surface area contributed by atoms with Crippen molar-refractivity contribution in [3.63, 3.8) is 0 Å². The van der Waals surface area contributed by atoms with Gasteiger partial charge in [0.1, 0.15) is 6.61 Å². The second-order valence-corrected chi connectivity index (χ2v) is 5.24. The van der Waals surface area contributed by atoms with E-state index >= 15 is 0 Å². The van der Waals surface area contributed by atoms with Crippen LogP contribution in [0.3, 0.4) is 0 Å². The van der Waals surface area contributed by atoms with E-state index in [9.17, 15) is 8.42 Å². The van der Waals surface area contributed by atoms with E-state index in [0.717, 1.165) is 5.56 Å². The Morgan fingerprint density at radius 1 is 1.29 bits per heavy atom. The van der Waals surface area contributed by atoms with Crippen LogP contribution >= 0.6 is 11.8 Å². The van der Waals surface area contributed by atoms with Gasteiger partial charge in [-0.25, -0.2) is 13.4 Å². The molecule has 0 bridgehead atoms. The molecule has 1 aromatic rings. The number of rotatable bonds is 3. The molecule has 1 radical (unpaired) electrons. The standard InChI is InChI=1S/C9H9ClN2O3S.Na/c10-12-16(13,14)8-3-1-7(2-4-8)9-11-5-6-15-9;/h1-4,12H,5-6H2;. The van der Waals surface area contributed by atoms with Crippen LogP contribution in [-0.2, 0) is 14.8 Å². The fourth-order valence-electron chi connectivity index (χ4n) is 1.33. The van der Waals surface area contributed by atoms with Gasteiger partial charge in [0.15, 0.2) is 0 Å². The molecule has 1 aliphatic heterocycles. The zero-order chi connectivity index (χ0) is 11.6. The molecule has 0 saturated heterocycles. The predicted molar refractivity (Wildman–Crippen MR) is 65.7 cm³/mol. The Morgan fingerprint density at radius 2 is 1.94 bits per heavy atom. The van der Waals surface area contributed by atoms with E-state index in [0.29, 0.717) is 19.0 Å². The van der Waals surface area contributed by atoms with Crippen LogP contribution in [0.15, 0.2) is 34.2 Å². The van der Waals surface area contributed by atoms with Crippen molar-refractivity contribution in [2.75, 3.05) is 13.2 Å². The monoisotopic (exact) mass is 283 g/mol. The largest absolute Gasteiger partial charge is 0.476 e. The average molecular weight is 284 g/mol. The summed E-state index contributed by atoms with van der Waals surface area (Å²) < 4.78 is 29.6. The number of hydrogen-bond donors (Lipinski definition) is 1. The minimum Gasteiger partial charge on any atom is -0.476 e. The number of hydrogen-bond acceptors (Lipinski definition) is 4. The molecular weight excluding hydrogens is 275 g/mol. The van der Waals surface area contributed by atoms with Crippen LogP contribution in [0.5, 0.6) is 0 Å². The van der Waals surface area contributed by atoms with Gasteiger partial charge in [-0.2, -0.15) is 0 Å². The Balaban J connectivity index is 0.00000144. The predicted octanol–water partition coefficient (Wildman–Crippen LogP) is 0.515. The molecule has 0 saturated carbocycles. The van der Waals surface area contributed by atoms with Crippen molar-refractivity contribution in [1.29, 1.82) is 0 Å². The van der Waals surface area contributed by atoms with Gasteiger partial charge in [0.25, 0.3) is 10.0 Å². The van der Waals surface area contributed by atoms with E-state index in [4.69, 9.17) is 16.5 Å². The summed E-state index contributed by atoms with van der Waals surface area (Å²) in [7, 11) is -3.60. The van der Waals surface area contributed by atoms with Gasteiger partial charge in [0.2, 0.25) is 5.90 Å². The van der Waals surface area contributed by atoms with Gasteiger partial charge >= 0.3 is 0 Å². The first-order valence-electron chi connectivity index (χ1n) is 4.53. The Bertz CT molecular complexity index is 516. The van der Waals surface area contributed by atoms with E-state index in [1.165, 1.54) is 12.1 Å². The summed E-state index contributed by atoms with van der Waals surface area (Å²) in [6.45, 7) is 1.21. The molecule has 0 amide bonds. The van der Waals surface area contributed by atoms with Crippen molar-refractivity contribution in [3.05, 3.63) is 29.8 Å². The van der Waals surface area contributed by atoms with Crippen LogP contribution in [0, 0.1) is 0 Å². The van der Waals surface area contributed by atoms with E-state index in [1.54, 1.807) is 16.4 Å². The number of ether oxygens (including phenoxy) is 1. The zero-order valence-electron chi connectivity index (χ0n) is 9.18. The molecule has 17 heavy (non-hydrogen) atoms. The quantitative estimate of drug-likeness (QED) is 0.649. The van der Waals surface area contributed by atoms with Crippen molar-refractivity contribution >= 4 is 57.3 Å². The molecule has 0 aromatic heterocycles. The zero-order valence-corrected chi connectivity index (χ0v) is 12.8. The minimum atomic E-state index is -3.60. The van der Waals surface area contributed by atoms with Crippen molar-refractivity contribution in [2.24, 2.45) is 4.99 Å². The molecule has 0 atom stereocenters. The Labute approximate surface area is 127 Å². The van der Waals surface area contributed by atoms with Crippen LogP contribution < -0.4 is 4.24 Å². The number of nitrogens with zero attached hydrogens (tertiary/aromatic N) is 1. The van der Waals surface area contributed by atoms with Crippen LogP contribution in [0.2, 0.25) is 0 Å². The van der Waals surface area contributed by atoms with Gasteiger partial charge in [-0.15, -0.1) is 4.24 Å². The minimum absolute atomic E-state index is 0. The van der Waals surface area contributed by atoms with Gasteiger partial charge in [-0.1, -0.05) is 0 Å². The SMILES string of the molecule is O=S(=O)(NCl)c1ccc(C2=NCCO2)cc1.[Na]. The normalized spacial score (nSPS) is 14.8. The van der Waals surface area contributed by atoms with Gasteiger partial charge in [0.05, 0.1) is 11.4 Å². The van der Waals surface area contributed by atoms with Gasteiger partial charge in [-0.05, 0) is 36.0 Å². The first-order valence-corrected chi connectivity index (χ1v) is 6.40. The summed E-state index contributed by atoms with van der Waals surface area (Å²) in [6.07, 6.45) is 0. The first-order chi connectivity index (χ1) is 7.63. The van der Waals surface area contributed by atoms with Crippen molar-refractivity contribution in [2.45, 2.75) is 4.90 Å². The molecule has 0 spiro atoms. The third-order valence-corrected chi connectivity index (χ3v) is 3.80. The fourth-order valence-corrected chi connectivity index (χ4v) is 2.18. The van der Waals surface area contributed by atoms with Crippen LogP contribution in [0.25, 0.3) is 0 Å². The molecule has 0 aliphatic carbocycles. The summed E-state index contributed by atoms with van der Waals surface area (Å²) >= 11 is 5.11. The molecule has 0 fully saturated rings. The van der Waals surface area contributed by atoms with E-state index in [1.807, 2.05) is 0 Å². The molecule has 8 heteroatoms. The van der Waals surface area contributed by atoms with E-state index < -0.39 is 10.0 Å². The van der Waals surface area contributed by atoms with Gasteiger partial charge in [0, 0.05) is 35.1 Å². The average Bonchev–Trinajstić information content (AvgIpc) is 2.83. The summed E-state index contributed by atoms with van der Waals surface area (Å²) in [6, 6.07) is 6.16. The second kappa shape index (κ2) is 6.17. The van der Waals surface area contributed by atoms with Crippen molar-refractivity contribution < 1.29 is 13.2 Å². The molecule has 1 heterocycles. The molecular formula is C9H9ClN2NaO3S. The van der Waals surface area contributed by atoms with Crippen LogP contribution in [0.1, 0.15) is 5.56 Å². The second-order valence-electron chi connectivity index (χ2n) is 3.14. The molecule has 1 aromatic carbocycles. The van der Waals surface area contributed by atoms with E-state index in [2.05, 4.69) is 4.99 Å². The number of halogens is 1. The van der Waals surface area contributed by atoms with E-state index in [-0.39, 0.29) is 34.5 Å².